The van der Waals surface area contributed by atoms with Gasteiger partial charge in [0.25, 0.3) is 0 Å². The molecule has 2 rings (SSSR count). The summed E-state index contributed by atoms with van der Waals surface area (Å²) in [5.74, 6) is 0. The molecule has 0 N–H and O–H groups in total. The van der Waals surface area contributed by atoms with Crippen LogP contribution in [-0.4, -0.2) is 19.8 Å². The van der Waals surface area contributed by atoms with Gasteiger partial charge in [0, 0.05) is 13.1 Å². The highest BCUT2D eigenvalue weighted by Gasteiger charge is 2.23. The molecule has 0 saturated heterocycles. The van der Waals surface area contributed by atoms with Crippen molar-refractivity contribution in [1.29, 1.82) is 0 Å². The Kier molecular flexibility index (Phi) is 3.50. The molecular weight excluding hydrogens is 196 g/mol. The zero-order valence-corrected chi connectivity index (χ0v) is 10.0. The normalized spacial score (nSPS) is 14.1. The van der Waals surface area contributed by atoms with Crippen LogP contribution in [0.5, 0.6) is 0 Å². The first-order chi connectivity index (χ1) is 7.86. The van der Waals surface area contributed by atoms with E-state index in [-0.39, 0.29) is 0 Å². The number of hydrogen-bond donors (Lipinski definition) is 0. The lowest BCUT2D eigenvalue weighted by Crippen LogP contribution is -2.31. The van der Waals surface area contributed by atoms with Crippen molar-refractivity contribution >= 4 is 11.4 Å². The van der Waals surface area contributed by atoms with Crippen molar-refractivity contribution in [3.8, 4) is 0 Å². The molecule has 2 nitrogen and oxygen atoms in total. The van der Waals surface area contributed by atoms with Gasteiger partial charge in [-0.1, -0.05) is 31.6 Å². The Bertz CT molecular complexity index is 360. The maximum Gasteiger partial charge on any atom is 0.0907 e. The molecule has 0 saturated carbocycles. The van der Waals surface area contributed by atoms with Gasteiger partial charge in [-0.05, 0) is 18.6 Å². The van der Waals surface area contributed by atoms with Crippen LogP contribution < -0.4 is 9.80 Å². The number of unbranched alkanes of at least 4 members (excludes halogenated alkanes) is 1. The lowest BCUT2D eigenvalue weighted by Gasteiger charge is -2.20. The summed E-state index contributed by atoms with van der Waals surface area (Å²) >= 11 is 0. The Morgan fingerprint density at radius 3 is 2.56 bits per heavy atom. The van der Waals surface area contributed by atoms with Crippen molar-refractivity contribution in [3.05, 3.63) is 36.9 Å². The molecule has 0 fully saturated rings. The summed E-state index contributed by atoms with van der Waals surface area (Å²) in [6, 6.07) is 8.65. The van der Waals surface area contributed by atoms with E-state index in [0.717, 1.165) is 19.8 Å². The highest BCUT2D eigenvalue weighted by atomic mass is 15.4. The molecule has 0 atom stereocenters. The van der Waals surface area contributed by atoms with E-state index in [2.05, 4.69) is 47.6 Å². The zero-order valence-electron chi connectivity index (χ0n) is 10.0. The van der Waals surface area contributed by atoms with E-state index >= 15 is 0 Å². The molecule has 0 unspecified atom stereocenters. The molecule has 1 aliphatic heterocycles. The number of fused-ring (bicyclic) bond motifs is 1. The quantitative estimate of drug-likeness (QED) is 0.697. The summed E-state index contributed by atoms with van der Waals surface area (Å²) in [7, 11) is 0. The summed E-state index contributed by atoms with van der Waals surface area (Å²) in [4.78, 5) is 4.83. The third-order valence-electron chi connectivity index (χ3n) is 3.04. The van der Waals surface area contributed by atoms with Crippen molar-refractivity contribution in [3.63, 3.8) is 0 Å². The zero-order chi connectivity index (χ0) is 11.4. The Hall–Kier alpha value is -1.44. The predicted octanol–water partition coefficient (Wildman–Crippen LogP) is 3.26. The average molecular weight is 216 g/mol. The second-order valence-corrected chi connectivity index (χ2v) is 4.26. The average Bonchev–Trinajstić information content (AvgIpc) is 2.66. The summed E-state index contributed by atoms with van der Waals surface area (Å²) in [5, 5.41) is 0. The van der Waals surface area contributed by atoms with E-state index in [1.807, 2.05) is 6.08 Å². The van der Waals surface area contributed by atoms with Crippen LogP contribution in [0.2, 0.25) is 0 Å². The van der Waals surface area contributed by atoms with E-state index < -0.39 is 0 Å². The van der Waals surface area contributed by atoms with Crippen LogP contribution in [0.3, 0.4) is 0 Å². The first-order valence-corrected chi connectivity index (χ1v) is 6.06. The number of anilines is 2. The number of hydrogen-bond acceptors (Lipinski definition) is 2. The molecular formula is C14H20N2. The lowest BCUT2D eigenvalue weighted by molar-refractivity contribution is 0.723. The summed E-state index contributed by atoms with van der Waals surface area (Å²) < 4.78 is 0. The first-order valence-electron chi connectivity index (χ1n) is 6.06. The monoisotopic (exact) mass is 216 g/mol. The van der Waals surface area contributed by atoms with Gasteiger partial charge < -0.3 is 9.80 Å². The standard InChI is InChI=1S/C14H20N2/c1-3-5-11-16-12-15(10-4-2)13-8-6-7-9-14(13)16/h4,6-9H,2-3,5,10-12H2,1H3. The molecule has 86 valence electrons. The Labute approximate surface area is 98.2 Å². The number of benzene rings is 1. The fourth-order valence-electron chi connectivity index (χ4n) is 2.21. The molecule has 0 amide bonds. The second-order valence-electron chi connectivity index (χ2n) is 4.26. The smallest absolute Gasteiger partial charge is 0.0907 e. The van der Waals surface area contributed by atoms with Gasteiger partial charge in [0.05, 0.1) is 18.0 Å². The SMILES string of the molecule is C=CCN1CN(CCCC)c2ccccc21. The fourth-order valence-corrected chi connectivity index (χ4v) is 2.21. The summed E-state index contributed by atoms with van der Waals surface area (Å²) in [6.45, 7) is 9.15. The maximum absolute atomic E-state index is 3.82. The highest BCUT2D eigenvalue weighted by molar-refractivity contribution is 5.76. The molecule has 0 bridgehead atoms. The van der Waals surface area contributed by atoms with E-state index in [9.17, 15) is 0 Å². The second kappa shape index (κ2) is 5.06. The Balaban J connectivity index is 2.17. The van der Waals surface area contributed by atoms with Gasteiger partial charge in [0.1, 0.15) is 0 Å². The molecule has 1 heterocycles. The third kappa shape index (κ3) is 2.06. The minimum absolute atomic E-state index is 0.930. The number of nitrogens with zero attached hydrogens (tertiary/aromatic N) is 2. The molecule has 1 aromatic rings. The fraction of sp³-hybridized carbons (Fsp3) is 0.429. The first kappa shape index (κ1) is 11.1. The molecule has 2 heteroatoms. The van der Waals surface area contributed by atoms with E-state index in [1.54, 1.807) is 0 Å². The van der Waals surface area contributed by atoms with Crippen molar-refractivity contribution in [1.82, 2.24) is 0 Å². The predicted molar refractivity (Wildman–Crippen MR) is 71.1 cm³/mol. The van der Waals surface area contributed by atoms with Crippen LogP contribution >= 0.6 is 0 Å². The minimum Gasteiger partial charge on any atom is -0.352 e. The Morgan fingerprint density at radius 1 is 1.25 bits per heavy atom. The molecule has 0 aliphatic carbocycles. The van der Waals surface area contributed by atoms with Crippen LogP contribution in [0.4, 0.5) is 11.4 Å². The lowest BCUT2D eigenvalue weighted by atomic mass is 10.2. The van der Waals surface area contributed by atoms with E-state index in [1.165, 1.54) is 24.2 Å². The van der Waals surface area contributed by atoms with Gasteiger partial charge in [-0.15, -0.1) is 6.58 Å². The van der Waals surface area contributed by atoms with Crippen LogP contribution in [-0.2, 0) is 0 Å². The molecule has 0 aromatic heterocycles. The minimum atomic E-state index is 0.930. The molecule has 1 aliphatic rings. The summed E-state index contributed by atoms with van der Waals surface area (Å²) in [5.41, 5.74) is 2.72. The van der Waals surface area contributed by atoms with Crippen LogP contribution in [0.1, 0.15) is 19.8 Å². The number of para-hydroxylation sites is 2. The van der Waals surface area contributed by atoms with Gasteiger partial charge in [-0.25, -0.2) is 0 Å². The van der Waals surface area contributed by atoms with Gasteiger partial charge >= 0.3 is 0 Å². The van der Waals surface area contributed by atoms with Gasteiger partial charge in [0.2, 0.25) is 0 Å². The van der Waals surface area contributed by atoms with Crippen molar-refractivity contribution < 1.29 is 0 Å². The highest BCUT2D eigenvalue weighted by Crippen LogP contribution is 2.35. The van der Waals surface area contributed by atoms with Crippen LogP contribution in [0, 0.1) is 0 Å². The molecule has 0 spiro atoms. The van der Waals surface area contributed by atoms with Gasteiger partial charge in [0.15, 0.2) is 0 Å². The van der Waals surface area contributed by atoms with Crippen LogP contribution in [0.25, 0.3) is 0 Å². The maximum atomic E-state index is 3.82. The van der Waals surface area contributed by atoms with Gasteiger partial charge in [-0.2, -0.15) is 0 Å². The topological polar surface area (TPSA) is 6.48 Å². The largest absolute Gasteiger partial charge is 0.352 e. The van der Waals surface area contributed by atoms with E-state index in [4.69, 9.17) is 0 Å². The number of rotatable bonds is 5. The van der Waals surface area contributed by atoms with Crippen molar-refractivity contribution in [2.75, 3.05) is 29.6 Å². The molecule has 1 aromatic carbocycles. The van der Waals surface area contributed by atoms with Gasteiger partial charge in [-0.3, -0.25) is 0 Å². The van der Waals surface area contributed by atoms with Crippen molar-refractivity contribution in [2.24, 2.45) is 0 Å². The molecule has 0 radical (unpaired) electrons. The molecule has 16 heavy (non-hydrogen) atoms. The van der Waals surface area contributed by atoms with E-state index in [0.29, 0.717) is 0 Å². The van der Waals surface area contributed by atoms with Crippen LogP contribution in [0.15, 0.2) is 36.9 Å². The van der Waals surface area contributed by atoms with Crippen molar-refractivity contribution in [2.45, 2.75) is 19.8 Å². The summed E-state index contributed by atoms with van der Waals surface area (Å²) in [6.07, 6.45) is 4.48. The third-order valence-corrected chi connectivity index (χ3v) is 3.04. The Morgan fingerprint density at radius 2 is 1.94 bits per heavy atom.